The van der Waals surface area contributed by atoms with Crippen molar-refractivity contribution in [2.24, 2.45) is 0 Å². The van der Waals surface area contributed by atoms with E-state index in [1.54, 1.807) is 18.2 Å². The number of halogens is 2. The molecule has 25 heavy (non-hydrogen) atoms. The summed E-state index contributed by atoms with van der Waals surface area (Å²) < 4.78 is 37.8. The smallest absolute Gasteiger partial charge is 0.331 e. The Morgan fingerprint density at radius 1 is 1.12 bits per heavy atom. The Bertz CT molecular complexity index is 982. The molecule has 0 radical (unpaired) electrons. The summed E-state index contributed by atoms with van der Waals surface area (Å²) in [5, 5.41) is 9.63. The first-order chi connectivity index (χ1) is 11.9. The Labute approximate surface area is 141 Å². The van der Waals surface area contributed by atoms with E-state index in [1.807, 2.05) is 0 Å². The molecule has 1 aromatic heterocycles. The van der Waals surface area contributed by atoms with Crippen LogP contribution in [0.3, 0.4) is 0 Å². The molecule has 0 saturated heterocycles. The van der Waals surface area contributed by atoms with Crippen molar-refractivity contribution in [2.45, 2.75) is 6.92 Å². The maximum atomic E-state index is 13.4. The molecule has 0 amide bonds. The summed E-state index contributed by atoms with van der Waals surface area (Å²) >= 11 is 0. The second-order valence-corrected chi connectivity index (χ2v) is 5.54. The Kier molecular flexibility index (Phi) is 4.27. The molecule has 0 saturated carbocycles. The first-order valence-electron chi connectivity index (χ1n) is 7.37. The van der Waals surface area contributed by atoms with Gasteiger partial charge in [-0.05, 0) is 48.9 Å². The standard InChI is InChI=1S/C19H14F2O4/c1-10(19(22)23)3-11-4-13-8-16(25-18(13)17(5-11)24-2)12-6-14(20)9-15(21)7-12/h3-9H,1-2H3,(H,22,23). The van der Waals surface area contributed by atoms with Crippen molar-refractivity contribution in [1.82, 2.24) is 0 Å². The molecule has 0 fully saturated rings. The van der Waals surface area contributed by atoms with Crippen molar-refractivity contribution < 1.29 is 27.8 Å². The largest absolute Gasteiger partial charge is 0.493 e. The number of carboxylic acid groups (broad SMARTS) is 1. The zero-order valence-corrected chi connectivity index (χ0v) is 13.5. The van der Waals surface area contributed by atoms with Gasteiger partial charge in [-0.1, -0.05) is 0 Å². The summed E-state index contributed by atoms with van der Waals surface area (Å²) in [6.07, 6.45) is 1.50. The van der Waals surface area contributed by atoms with Gasteiger partial charge in [-0.2, -0.15) is 0 Å². The van der Waals surface area contributed by atoms with Crippen LogP contribution in [0.5, 0.6) is 5.75 Å². The van der Waals surface area contributed by atoms with Crippen molar-refractivity contribution >= 4 is 23.0 Å². The third-order valence-electron chi connectivity index (χ3n) is 3.69. The minimum absolute atomic E-state index is 0.164. The Morgan fingerprint density at radius 2 is 1.80 bits per heavy atom. The molecule has 4 nitrogen and oxygen atoms in total. The van der Waals surface area contributed by atoms with E-state index >= 15 is 0 Å². The van der Waals surface area contributed by atoms with Gasteiger partial charge in [-0.15, -0.1) is 0 Å². The maximum Gasteiger partial charge on any atom is 0.331 e. The quantitative estimate of drug-likeness (QED) is 0.686. The van der Waals surface area contributed by atoms with Crippen molar-refractivity contribution in [3.8, 4) is 17.1 Å². The molecule has 0 aliphatic carbocycles. The van der Waals surface area contributed by atoms with Gasteiger partial charge in [0, 0.05) is 22.6 Å². The van der Waals surface area contributed by atoms with E-state index in [1.165, 1.54) is 32.2 Å². The second-order valence-electron chi connectivity index (χ2n) is 5.54. The fourth-order valence-electron chi connectivity index (χ4n) is 2.53. The van der Waals surface area contributed by atoms with Crippen molar-refractivity contribution in [2.75, 3.05) is 7.11 Å². The topological polar surface area (TPSA) is 59.7 Å². The molecule has 1 N–H and O–H groups in total. The van der Waals surface area contributed by atoms with E-state index in [9.17, 15) is 13.6 Å². The zero-order chi connectivity index (χ0) is 18.1. The molecular weight excluding hydrogens is 330 g/mol. The minimum Gasteiger partial charge on any atom is -0.493 e. The van der Waals surface area contributed by atoms with Crippen LogP contribution in [-0.2, 0) is 4.79 Å². The molecule has 6 heteroatoms. The number of benzene rings is 2. The van der Waals surface area contributed by atoms with Crippen LogP contribution < -0.4 is 4.74 Å². The van der Waals surface area contributed by atoms with Gasteiger partial charge in [0.15, 0.2) is 11.3 Å². The van der Waals surface area contributed by atoms with Crippen LogP contribution in [0.4, 0.5) is 8.78 Å². The average molecular weight is 344 g/mol. The number of hydrogen-bond acceptors (Lipinski definition) is 3. The van der Waals surface area contributed by atoms with Crippen LogP contribution in [0, 0.1) is 11.6 Å². The van der Waals surface area contributed by atoms with Crippen LogP contribution in [0.2, 0.25) is 0 Å². The van der Waals surface area contributed by atoms with Crippen LogP contribution in [0.1, 0.15) is 12.5 Å². The summed E-state index contributed by atoms with van der Waals surface area (Å²) in [7, 11) is 1.45. The minimum atomic E-state index is -1.03. The highest BCUT2D eigenvalue weighted by Crippen LogP contribution is 2.35. The maximum absolute atomic E-state index is 13.4. The van der Waals surface area contributed by atoms with E-state index in [0.717, 1.165) is 6.07 Å². The molecule has 0 spiro atoms. The highest BCUT2D eigenvalue weighted by atomic mass is 19.1. The summed E-state index contributed by atoms with van der Waals surface area (Å²) in [6, 6.07) is 8.09. The van der Waals surface area contributed by atoms with Crippen LogP contribution in [0.25, 0.3) is 28.4 Å². The molecule has 0 aliphatic heterocycles. The number of carbonyl (C=O) groups is 1. The number of carboxylic acids is 1. The monoisotopic (exact) mass is 344 g/mol. The Hall–Kier alpha value is -3.15. The van der Waals surface area contributed by atoms with Gasteiger partial charge >= 0.3 is 5.97 Å². The average Bonchev–Trinajstić information content (AvgIpc) is 2.97. The normalized spacial score (nSPS) is 11.8. The first kappa shape index (κ1) is 16.7. The predicted molar refractivity (Wildman–Crippen MR) is 89.4 cm³/mol. The fourth-order valence-corrected chi connectivity index (χ4v) is 2.53. The van der Waals surface area contributed by atoms with Gasteiger partial charge in [-0.25, -0.2) is 13.6 Å². The third kappa shape index (κ3) is 3.38. The SMILES string of the molecule is COc1cc(C=C(C)C(=O)O)cc2cc(-c3cc(F)cc(F)c3)oc12. The van der Waals surface area contributed by atoms with Crippen LogP contribution >= 0.6 is 0 Å². The van der Waals surface area contributed by atoms with E-state index in [2.05, 4.69) is 0 Å². The number of methoxy groups -OCH3 is 1. The Balaban J connectivity index is 2.16. The van der Waals surface area contributed by atoms with E-state index in [4.69, 9.17) is 14.3 Å². The summed E-state index contributed by atoms with van der Waals surface area (Å²) in [6.45, 7) is 1.48. The lowest BCUT2D eigenvalue weighted by molar-refractivity contribution is -0.132. The summed E-state index contributed by atoms with van der Waals surface area (Å²) in [4.78, 5) is 11.0. The van der Waals surface area contributed by atoms with E-state index in [0.29, 0.717) is 22.3 Å². The van der Waals surface area contributed by atoms with Crippen LogP contribution in [0.15, 0.2) is 46.4 Å². The fraction of sp³-hybridized carbons (Fsp3) is 0.105. The van der Waals surface area contributed by atoms with Gasteiger partial charge in [0.25, 0.3) is 0 Å². The number of hydrogen-bond donors (Lipinski definition) is 1. The van der Waals surface area contributed by atoms with Crippen LogP contribution in [-0.4, -0.2) is 18.2 Å². The van der Waals surface area contributed by atoms with E-state index in [-0.39, 0.29) is 16.9 Å². The predicted octanol–water partition coefficient (Wildman–Crippen LogP) is 4.87. The molecule has 0 unspecified atom stereocenters. The van der Waals surface area contributed by atoms with Gasteiger partial charge in [-0.3, -0.25) is 0 Å². The lowest BCUT2D eigenvalue weighted by Crippen LogP contribution is -1.95. The van der Waals surface area contributed by atoms with Crippen molar-refractivity contribution in [3.05, 3.63) is 59.2 Å². The van der Waals surface area contributed by atoms with Gasteiger partial charge < -0.3 is 14.3 Å². The number of ether oxygens (including phenoxy) is 1. The van der Waals surface area contributed by atoms with Crippen molar-refractivity contribution in [3.63, 3.8) is 0 Å². The van der Waals surface area contributed by atoms with Crippen molar-refractivity contribution in [1.29, 1.82) is 0 Å². The number of fused-ring (bicyclic) bond motifs is 1. The highest BCUT2D eigenvalue weighted by molar-refractivity contribution is 5.94. The molecule has 0 atom stereocenters. The summed E-state index contributed by atoms with van der Waals surface area (Å²) in [5.74, 6) is -1.76. The summed E-state index contributed by atoms with van der Waals surface area (Å²) in [5.41, 5.74) is 1.45. The van der Waals surface area contributed by atoms with E-state index < -0.39 is 17.6 Å². The zero-order valence-electron chi connectivity index (χ0n) is 13.5. The molecule has 2 aromatic carbocycles. The number of furan rings is 1. The van der Waals surface area contributed by atoms with Gasteiger partial charge in [0.1, 0.15) is 17.4 Å². The lowest BCUT2D eigenvalue weighted by atomic mass is 10.1. The molecule has 1 heterocycles. The highest BCUT2D eigenvalue weighted by Gasteiger charge is 2.14. The molecule has 0 bridgehead atoms. The van der Waals surface area contributed by atoms with Gasteiger partial charge in [0.05, 0.1) is 7.11 Å². The number of aliphatic carboxylic acids is 1. The third-order valence-corrected chi connectivity index (χ3v) is 3.69. The number of rotatable bonds is 4. The lowest BCUT2D eigenvalue weighted by Gasteiger charge is -2.03. The molecule has 3 rings (SSSR count). The van der Waals surface area contributed by atoms with Gasteiger partial charge in [0.2, 0.25) is 0 Å². The Morgan fingerprint density at radius 3 is 2.40 bits per heavy atom. The first-order valence-corrected chi connectivity index (χ1v) is 7.37. The molecule has 128 valence electrons. The second kappa shape index (κ2) is 6.39. The molecule has 0 aliphatic rings. The molecule has 3 aromatic rings. The molecular formula is C19H14F2O4.